The molecular formula is C32H34N6O4. The highest BCUT2D eigenvalue weighted by Gasteiger charge is 2.40. The van der Waals surface area contributed by atoms with E-state index in [1.807, 2.05) is 67.7 Å². The lowest BCUT2D eigenvalue weighted by Gasteiger charge is -2.24. The number of hydrogen-bond acceptors (Lipinski definition) is 6. The fourth-order valence-electron chi connectivity index (χ4n) is 5.96. The van der Waals surface area contributed by atoms with Crippen LogP contribution in [0.15, 0.2) is 73.1 Å². The average Bonchev–Trinajstić information content (AvgIpc) is 3.61. The number of hydrogen-bond donors (Lipinski definition) is 1. The van der Waals surface area contributed by atoms with Gasteiger partial charge in [0.2, 0.25) is 11.8 Å². The molecule has 0 spiro atoms. The van der Waals surface area contributed by atoms with Gasteiger partial charge in [-0.05, 0) is 41.8 Å². The molecule has 0 aliphatic carbocycles. The van der Waals surface area contributed by atoms with Gasteiger partial charge in [-0.3, -0.25) is 24.0 Å². The molecule has 216 valence electrons. The third kappa shape index (κ3) is 5.70. The van der Waals surface area contributed by atoms with Crippen molar-refractivity contribution in [3.8, 4) is 5.75 Å². The highest BCUT2D eigenvalue weighted by molar-refractivity contribution is 6.04. The number of rotatable bonds is 3. The van der Waals surface area contributed by atoms with Gasteiger partial charge in [0, 0.05) is 56.9 Å². The van der Waals surface area contributed by atoms with Gasteiger partial charge in [-0.15, -0.1) is 0 Å². The van der Waals surface area contributed by atoms with E-state index in [1.54, 1.807) is 26.9 Å². The number of amides is 3. The minimum atomic E-state index is -0.390. The Morgan fingerprint density at radius 3 is 2.71 bits per heavy atom. The number of para-hydroxylation sites is 1. The second-order valence-electron chi connectivity index (χ2n) is 10.9. The zero-order valence-corrected chi connectivity index (χ0v) is 23.6. The number of pyridine rings is 1. The molecule has 10 nitrogen and oxygen atoms in total. The molecule has 1 N–H and O–H groups in total. The summed E-state index contributed by atoms with van der Waals surface area (Å²) in [4.78, 5) is 48.0. The summed E-state index contributed by atoms with van der Waals surface area (Å²) >= 11 is 0. The van der Waals surface area contributed by atoms with E-state index in [4.69, 9.17) is 4.74 Å². The van der Waals surface area contributed by atoms with E-state index in [0.717, 1.165) is 22.0 Å². The average molecular weight is 567 g/mol. The van der Waals surface area contributed by atoms with Gasteiger partial charge < -0.3 is 19.9 Å². The highest BCUT2D eigenvalue weighted by atomic mass is 16.5. The van der Waals surface area contributed by atoms with Crippen LogP contribution >= 0.6 is 0 Å². The van der Waals surface area contributed by atoms with Crippen LogP contribution in [0.1, 0.15) is 34.0 Å². The fraction of sp³-hybridized carbons (Fsp3) is 0.344. The maximum absolute atomic E-state index is 13.7. The summed E-state index contributed by atoms with van der Waals surface area (Å²) in [7, 11) is 1.83. The SMILES string of the molecule is Cn1nc(C(=O)N2CCCNC(=O)[C@H]3CN(C(=O)Cc4cccnc4)C[C@@H]3c3cccc(c3)OCC2)c2ccccc21. The molecule has 2 aliphatic rings. The first-order valence-corrected chi connectivity index (χ1v) is 14.4. The third-order valence-corrected chi connectivity index (χ3v) is 8.16. The summed E-state index contributed by atoms with van der Waals surface area (Å²) in [5.41, 5.74) is 3.10. The summed E-state index contributed by atoms with van der Waals surface area (Å²) in [6.45, 7) is 2.36. The summed E-state index contributed by atoms with van der Waals surface area (Å²) in [5.74, 6) is -0.150. The zero-order chi connectivity index (χ0) is 29.1. The van der Waals surface area contributed by atoms with Gasteiger partial charge in [0.25, 0.3) is 5.91 Å². The number of benzene rings is 2. The maximum Gasteiger partial charge on any atom is 0.275 e. The molecule has 2 bridgehead atoms. The smallest absolute Gasteiger partial charge is 0.275 e. The summed E-state index contributed by atoms with van der Waals surface area (Å²) in [6, 6.07) is 19.1. The number of carbonyl (C=O) groups excluding carboxylic acids is 3. The van der Waals surface area contributed by atoms with Crippen LogP contribution in [0.5, 0.6) is 5.75 Å². The van der Waals surface area contributed by atoms with Crippen molar-refractivity contribution in [2.45, 2.75) is 18.8 Å². The third-order valence-electron chi connectivity index (χ3n) is 8.16. The van der Waals surface area contributed by atoms with Gasteiger partial charge in [-0.2, -0.15) is 5.10 Å². The van der Waals surface area contributed by atoms with Gasteiger partial charge in [0.15, 0.2) is 5.69 Å². The Bertz CT molecular complexity index is 1600. The molecule has 10 heteroatoms. The molecule has 2 aromatic carbocycles. The van der Waals surface area contributed by atoms with E-state index < -0.39 is 5.92 Å². The van der Waals surface area contributed by atoms with Crippen molar-refractivity contribution >= 4 is 28.6 Å². The Balaban J connectivity index is 1.20. The van der Waals surface area contributed by atoms with Crippen LogP contribution in [0, 0.1) is 5.92 Å². The van der Waals surface area contributed by atoms with E-state index in [-0.39, 0.29) is 30.1 Å². The minimum absolute atomic E-state index is 0.0233. The standard InChI is InChI=1S/C32H34N6O4/c1-36-28-11-3-2-10-25(28)30(35-36)32(41)37-14-6-13-34-31(40)27-21-38(29(39)17-22-7-5-12-33-19-22)20-26(27)23-8-4-9-24(18-23)42-16-15-37/h2-5,7-12,18-19,26-27H,6,13-17,20-21H2,1H3,(H,34,40)/t26-,27+/m1/s1. The number of carbonyl (C=O) groups is 3. The van der Waals surface area contributed by atoms with Crippen molar-refractivity contribution in [2.24, 2.45) is 13.0 Å². The van der Waals surface area contributed by atoms with E-state index in [9.17, 15) is 14.4 Å². The number of likely N-dealkylation sites (tertiary alicyclic amines) is 1. The molecule has 6 rings (SSSR count). The molecule has 3 amide bonds. The van der Waals surface area contributed by atoms with Crippen LogP contribution in [0.3, 0.4) is 0 Å². The molecule has 0 radical (unpaired) electrons. The van der Waals surface area contributed by atoms with Crippen LogP contribution in [0.4, 0.5) is 0 Å². The normalized spacial score (nSPS) is 19.5. The van der Waals surface area contributed by atoms with Gasteiger partial charge in [0.1, 0.15) is 12.4 Å². The van der Waals surface area contributed by atoms with Gasteiger partial charge in [0.05, 0.1) is 24.4 Å². The molecule has 0 unspecified atom stereocenters. The predicted molar refractivity (Wildman–Crippen MR) is 157 cm³/mol. The lowest BCUT2D eigenvalue weighted by molar-refractivity contribution is -0.130. The zero-order valence-electron chi connectivity index (χ0n) is 23.6. The number of aryl methyl sites for hydroxylation is 1. The second-order valence-corrected chi connectivity index (χ2v) is 10.9. The Morgan fingerprint density at radius 2 is 1.86 bits per heavy atom. The number of ether oxygens (including phenoxy) is 1. The van der Waals surface area contributed by atoms with E-state index in [0.29, 0.717) is 57.2 Å². The Hall–Kier alpha value is -4.73. The topological polar surface area (TPSA) is 110 Å². The van der Waals surface area contributed by atoms with Gasteiger partial charge >= 0.3 is 0 Å². The highest BCUT2D eigenvalue weighted by Crippen LogP contribution is 2.35. The summed E-state index contributed by atoms with van der Waals surface area (Å²) in [5, 5.41) is 8.41. The van der Waals surface area contributed by atoms with Crippen LogP contribution in [0.2, 0.25) is 0 Å². The molecule has 4 aromatic rings. The number of aromatic nitrogens is 3. The van der Waals surface area contributed by atoms with Crippen molar-refractivity contribution in [2.75, 3.05) is 39.3 Å². The Morgan fingerprint density at radius 1 is 1.00 bits per heavy atom. The molecule has 2 atom stereocenters. The van der Waals surface area contributed by atoms with Gasteiger partial charge in [-0.25, -0.2) is 0 Å². The fourth-order valence-corrected chi connectivity index (χ4v) is 5.96. The second kappa shape index (κ2) is 12.0. The molecule has 1 fully saturated rings. The summed E-state index contributed by atoms with van der Waals surface area (Å²) < 4.78 is 7.84. The van der Waals surface area contributed by atoms with E-state index >= 15 is 0 Å². The first-order valence-electron chi connectivity index (χ1n) is 14.4. The first kappa shape index (κ1) is 27.4. The first-order chi connectivity index (χ1) is 20.5. The minimum Gasteiger partial charge on any atom is -0.492 e. The Kier molecular flexibility index (Phi) is 7.85. The maximum atomic E-state index is 13.7. The van der Waals surface area contributed by atoms with Crippen molar-refractivity contribution in [3.05, 3.63) is 89.9 Å². The van der Waals surface area contributed by atoms with E-state index in [2.05, 4.69) is 15.4 Å². The molecule has 2 aromatic heterocycles. The number of fused-ring (bicyclic) bond motifs is 5. The number of nitrogens with one attached hydrogen (secondary N) is 1. The largest absolute Gasteiger partial charge is 0.492 e. The molecule has 42 heavy (non-hydrogen) atoms. The molecule has 4 heterocycles. The predicted octanol–water partition coefficient (Wildman–Crippen LogP) is 2.79. The van der Waals surface area contributed by atoms with Crippen molar-refractivity contribution < 1.29 is 19.1 Å². The van der Waals surface area contributed by atoms with Crippen LogP contribution < -0.4 is 10.1 Å². The van der Waals surface area contributed by atoms with E-state index in [1.165, 1.54) is 0 Å². The van der Waals surface area contributed by atoms with Crippen LogP contribution in [-0.4, -0.2) is 81.6 Å². The lowest BCUT2D eigenvalue weighted by atomic mass is 9.88. The van der Waals surface area contributed by atoms with Crippen LogP contribution in [-0.2, 0) is 23.1 Å². The molecular weight excluding hydrogens is 532 g/mol. The number of nitrogens with zero attached hydrogens (tertiary/aromatic N) is 5. The molecule has 2 aliphatic heterocycles. The lowest BCUT2D eigenvalue weighted by Crippen LogP contribution is -2.39. The van der Waals surface area contributed by atoms with Gasteiger partial charge in [-0.1, -0.05) is 36.4 Å². The molecule has 0 saturated carbocycles. The van der Waals surface area contributed by atoms with Crippen molar-refractivity contribution in [3.63, 3.8) is 0 Å². The van der Waals surface area contributed by atoms with Crippen LogP contribution in [0.25, 0.3) is 10.9 Å². The van der Waals surface area contributed by atoms with Crippen molar-refractivity contribution in [1.82, 2.24) is 29.9 Å². The Labute approximate surface area is 244 Å². The summed E-state index contributed by atoms with van der Waals surface area (Å²) in [6.07, 6.45) is 4.20. The monoisotopic (exact) mass is 566 g/mol. The quantitative estimate of drug-likeness (QED) is 0.409. The van der Waals surface area contributed by atoms with Crippen molar-refractivity contribution in [1.29, 1.82) is 0 Å². The molecule has 1 saturated heterocycles.